The molecule has 0 aliphatic rings. The summed E-state index contributed by atoms with van der Waals surface area (Å²) in [6.45, 7) is 2.99. The summed E-state index contributed by atoms with van der Waals surface area (Å²) >= 11 is 0. The zero-order valence-electron chi connectivity index (χ0n) is 21.0. The van der Waals surface area contributed by atoms with Gasteiger partial charge >= 0.3 is 11.9 Å². The molecular formula is C31H26O7. The number of benzene rings is 4. The molecule has 0 saturated heterocycles. The summed E-state index contributed by atoms with van der Waals surface area (Å²) in [4.78, 5) is 37.2. The van der Waals surface area contributed by atoms with E-state index in [1.807, 2.05) is 60.7 Å². The van der Waals surface area contributed by atoms with Crippen LogP contribution in [-0.2, 0) is 22.8 Å². The summed E-state index contributed by atoms with van der Waals surface area (Å²) in [5.74, 6) is -0.940. The number of esters is 2. The Balaban J connectivity index is 1.65. The Labute approximate surface area is 220 Å². The molecule has 0 spiro atoms. The summed E-state index contributed by atoms with van der Waals surface area (Å²) < 4.78 is 22.4. The Morgan fingerprint density at radius 2 is 1.11 bits per heavy atom. The highest BCUT2D eigenvalue weighted by molar-refractivity contribution is 6.13. The number of carbonyl (C=O) groups excluding carboxylic acids is 3. The molecule has 0 atom stereocenters. The molecular weight excluding hydrogens is 484 g/mol. The third kappa shape index (κ3) is 7.07. The molecule has 192 valence electrons. The summed E-state index contributed by atoms with van der Waals surface area (Å²) in [5, 5.41) is 0. The molecule has 0 aliphatic carbocycles. The van der Waals surface area contributed by atoms with E-state index in [2.05, 4.69) is 0 Å². The van der Waals surface area contributed by atoms with Crippen molar-refractivity contribution < 1.29 is 33.3 Å². The van der Waals surface area contributed by atoms with Crippen molar-refractivity contribution in [2.75, 3.05) is 0 Å². The molecule has 4 aromatic rings. The molecule has 0 aliphatic heterocycles. The van der Waals surface area contributed by atoms with E-state index < -0.39 is 17.7 Å². The number of hydrogen-bond donors (Lipinski definition) is 0. The average molecular weight is 511 g/mol. The van der Waals surface area contributed by atoms with Crippen LogP contribution in [0.3, 0.4) is 0 Å². The first-order valence-electron chi connectivity index (χ1n) is 11.9. The SMILES string of the molecule is CC(=O)Oc1cc(OCc2ccccc2)c(C(=O)c2ccc(OCc3ccccc3)cc2)c(OC(C)=O)c1. The lowest BCUT2D eigenvalue weighted by Gasteiger charge is -2.17. The summed E-state index contributed by atoms with van der Waals surface area (Å²) in [6, 6.07) is 28.5. The van der Waals surface area contributed by atoms with Gasteiger partial charge in [-0.05, 0) is 35.4 Å². The van der Waals surface area contributed by atoms with Crippen LogP contribution in [0.2, 0.25) is 0 Å². The number of hydrogen-bond acceptors (Lipinski definition) is 7. The highest BCUT2D eigenvalue weighted by Crippen LogP contribution is 2.37. The molecule has 0 amide bonds. The van der Waals surface area contributed by atoms with E-state index in [1.165, 1.54) is 26.0 Å². The highest BCUT2D eigenvalue weighted by atomic mass is 16.5. The second-order valence-electron chi connectivity index (χ2n) is 8.38. The lowest BCUT2D eigenvalue weighted by atomic mass is 10.0. The van der Waals surface area contributed by atoms with E-state index in [0.29, 0.717) is 17.9 Å². The quantitative estimate of drug-likeness (QED) is 0.149. The van der Waals surface area contributed by atoms with Crippen LogP contribution in [0.25, 0.3) is 0 Å². The first-order valence-corrected chi connectivity index (χ1v) is 11.9. The van der Waals surface area contributed by atoms with Crippen LogP contribution >= 0.6 is 0 Å². The van der Waals surface area contributed by atoms with Gasteiger partial charge < -0.3 is 18.9 Å². The molecule has 0 unspecified atom stereocenters. The van der Waals surface area contributed by atoms with Crippen molar-refractivity contribution >= 4 is 17.7 Å². The molecule has 38 heavy (non-hydrogen) atoms. The van der Waals surface area contributed by atoms with Gasteiger partial charge in [-0.2, -0.15) is 0 Å². The Kier molecular flexibility index (Phi) is 8.51. The van der Waals surface area contributed by atoms with E-state index in [-0.39, 0.29) is 29.4 Å². The number of ether oxygens (including phenoxy) is 4. The number of rotatable bonds is 10. The normalized spacial score (nSPS) is 10.4. The topological polar surface area (TPSA) is 88.1 Å². The number of carbonyl (C=O) groups is 3. The van der Waals surface area contributed by atoms with Crippen molar-refractivity contribution in [2.24, 2.45) is 0 Å². The van der Waals surface area contributed by atoms with Gasteiger partial charge in [0.1, 0.15) is 41.8 Å². The van der Waals surface area contributed by atoms with Crippen LogP contribution in [0.5, 0.6) is 23.0 Å². The standard InChI is InChI=1S/C31H26O7/c1-21(32)37-27-17-28(36-20-24-11-7-4-8-12-24)30(29(18-27)38-22(2)33)31(34)25-13-15-26(16-14-25)35-19-23-9-5-3-6-10-23/h3-18H,19-20H2,1-2H3. The fourth-order valence-electron chi connectivity index (χ4n) is 3.69. The zero-order chi connectivity index (χ0) is 26.9. The fourth-order valence-corrected chi connectivity index (χ4v) is 3.69. The third-order valence-electron chi connectivity index (χ3n) is 5.38. The van der Waals surface area contributed by atoms with E-state index in [4.69, 9.17) is 18.9 Å². The maximum Gasteiger partial charge on any atom is 0.308 e. The van der Waals surface area contributed by atoms with Gasteiger partial charge in [-0.15, -0.1) is 0 Å². The second kappa shape index (κ2) is 12.4. The van der Waals surface area contributed by atoms with Crippen LogP contribution in [0.15, 0.2) is 97.1 Å². The van der Waals surface area contributed by atoms with Gasteiger partial charge in [0.25, 0.3) is 0 Å². The van der Waals surface area contributed by atoms with Crippen molar-refractivity contribution in [3.8, 4) is 23.0 Å². The molecule has 4 rings (SSSR count). The average Bonchev–Trinajstić information content (AvgIpc) is 2.91. The first kappa shape index (κ1) is 26.2. The smallest absolute Gasteiger partial charge is 0.308 e. The van der Waals surface area contributed by atoms with Gasteiger partial charge in [0.15, 0.2) is 0 Å². The third-order valence-corrected chi connectivity index (χ3v) is 5.38. The van der Waals surface area contributed by atoms with E-state index >= 15 is 0 Å². The second-order valence-corrected chi connectivity index (χ2v) is 8.38. The lowest BCUT2D eigenvalue weighted by molar-refractivity contribution is -0.132. The number of ketones is 1. The minimum Gasteiger partial charge on any atom is -0.489 e. The van der Waals surface area contributed by atoms with Crippen LogP contribution in [0, 0.1) is 0 Å². The van der Waals surface area contributed by atoms with Gasteiger partial charge in [0.05, 0.1) is 0 Å². The molecule has 0 heterocycles. The summed E-state index contributed by atoms with van der Waals surface area (Å²) in [6.07, 6.45) is 0. The molecule has 0 bridgehead atoms. The first-order chi connectivity index (χ1) is 18.4. The van der Waals surface area contributed by atoms with E-state index in [9.17, 15) is 14.4 Å². The van der Waals surface area contributed by atoms with Crippen LogP contribution in [-0.4, -0.2) is 17.7 Å². The summed E-state index contributed by atoms with van der Waals surface area (Å²) in [5.41, 5.74) is 2.24. The van der Waals surface area contributed by atoms with E-state index in [1.54, 1.807) is 24.3 Å². The molecule has 7 heteroatoms. The molecule has 0 radical (unpaired) electrons. The molecule has 0 aromatic heterocycles. The lowest BCUT2D eigenvalue weighted by Crippen LogP contribution is -2.12. The van der Waals surface area contributed by atoms with Crippen molar-refractivity contribution in [1.82, 2.24) is 0 Å². The van der Waals surface area contributed by atoms with Crippen LogP contribution in [0.1, 0.15) is 40.9 Å². The van der Waals surface area contributed by atoms with Crippen molar-refractivity contribution in [2.45, 2.75) is 27.1 Å². The maximum atomic E-state index is 13.7. The Morgan fingerprint density at radius 3 is 1.66 bits per heavy atom. The van der Waals surface area contributed by atoms with Gasteiger partial charge in [-0.1, -0.05) is 60.7 Å². The molecule has 4 aromatic carbocycles. The van der Waals surface area contributed by atoms with Gasteiger partial charge in [-0.25, -0.2) is 0 Å². The van der Waals surface area contributed by atoms with Gasteiger partial charge in [0, 0.05) is 31.5 Å². The maximum absolute atomic E-state index is 13.7. The van der Waals surface area contributed by atoms with Crippen molar-refractivity contribution in [3.63, 3.8) is 0 Å². The van der Waals surface area contributed by atoms with Crippen molar-refractivity contribution in [1.29, 1.82) is 0 Å². The minimum absolute atomic E-state index is 0.0324. The monoisotopic (exact) mass is 510 g/mol. The zero-order valence-corrected chi connectivity index (χ0v) is 21.0. The van der Waals surface area contributed by atoms with Crippen molar-refractivity contribution in [3.05, 3.63) is 119 Å². The Morgan fingerprint density at radius 1 is 0.579 bits per heavy atom. The predicted octanol–water partition coefficient (Wildman–Crippen LogP) is 5.93. The Bertz CT molecular complexity index is 1410. The van der Waals surface area contributed by atoms with Crippen LogP contribution < -0.4 is 18.9 Å². The molecule has 0 saturated carbocycles. The molecule has 0 fully saturated rings. The van der Waals surface area contributed by atoms with Crippen LogP contribution in [0.4, 0.5) is 0 Å². The fraction of sp³-hybridized carbons (Fsp3) is 0.129. The summed E-state index contributed by atoms with van der Waals surface area (Å²) in [7, 11) is 0. The largest absolute Gasteiger partial charge is 0.489 e. The Hall–Kier alpha value is -4.91. The molecule has 7 nitrogen and oxygen atoms in total. The predicted molar refractivity (Wildman–Crippen MR) is 140 cm³/mol. The van der Waals surface area contributed by atoms with Gasteiger partial charge in [-0.3, -0.25) is 14.4 Å². The molecule has 0 N–H and O–H groups in total. The van der Waals surface area contributed by atoms with E-state index in [0.717, 1.165) is 11.1 Å². The minimum atomic E-state index is -0.641. The highest BCUT2D eigenvalue weighted by Gasteiger charge is 2.24. The van der Waals surface area contributed by atoms with Gasteiger partial charge in [0.2, 0.25) is 5.78 Å².